The number of methoxy groups -OCH3 is 2. The topological polar surface area (TPSA) is 93.9 Å². The van der Waals surface area contributed by atoms with Crippen molar-refractivity contribution in [1.29, 1.82) is 0 Å². The van der Waals surface area contributed by atoms with Crippen molar-refractivity contribution in [2.75, 3.05) is 27.3 Å². The van der Waals surface area contributed by atoms with Gasteiger partial charge in [-0.05, 0) is 43.9 Å². The first-order valence-electron chi connectivity index (χ1n) is 9.58. The molecule has 2 fully saturated rings. The van der Waals surface area contributed by atoms with Gasteiger partial charge in [-0.15, -0.1) is 12.4 Å². The summed E-state index contributed by atoms with van der Waals surface area (Å²) in [5.74, 6) is 1.06. The van der Waals surface area contributed by atoms with E-state index in [4.69, 9.17) is 15.2 Å². The van der Waals surface area contributed by atoms with Crippen molar-refractivity contribution < 1.29 is 19.1 Å². The Morgan fingerprint density at radius 1 is 1.11 bits per heavy atom. The number of carbonyl (C=O) groups is 2. The average molecular weight is 412 g/mol. The highest BCUT2D eigenvalue weighted by Crippen LogP contribution is 2.29. The van der Waals surface area contributed by atoms with Crippen LogP contribution in [0.25, 0.3) is 0 Å². The number of rotatable bonds is 5. The Morgan fingerprint density at radius 2 is 1.71 bits per heavy atom. The van der Waals surface area contributed by atoms with Crippen LogP contribution in [0.4, 0.5) is 0 Å². The second-order valence-corrected chi connectivity index (χ2v) is 7.47. The number of nitrogens with zero attached hydrogens (tertiary/aromatic N) is 1. The molecule has 1 heterocycles. The molecule has 28 heavy (non-hydrogen) atoms. The van der Waals surface area contributed by atoms with Crippen molar-refractivity contribution in [3.05, 3.63) is 23.8 Å². The summed E-state index contributed by atoms with van der Waals surface area (Å²) in [6, 6.07) is 5.26. The monoisotopic (exact) mass is 411 g/mol. The van der Waals surface area contributed by atoms with Crippen molar-refractivity contribution in [2.45, 2.75) is 50.1 Å². The second-order valence-electron chi connectivity index (χ2n) is 7.47. The number of hydrogen-bond acceptors (Lipinski definition) is 5. The summed E-state index contributed by atoms with van der Waals surface area (Å²) in [5, 5.41) is 3.10. The highest BCUT2D eigenvalue weighted by atomic mass is 35.5. The Balaban J connectivity index is 0.00000280. The third-order valence-electron chi connectivity index (χ3n) is 5.70. The smallest absolute Gasteiger partial charge is 0.253 e. The van der Waals surface area contributed by atoms with E-state index in [-0.39, 0.29) is 30.3 Å². The molecule has 0 unspecified atom stereocenters. The van der Waals surface area contributed by atoms with E-state index in [2.05, 4.69) is 5.32 Å². The molecule has 8 heteroatoms. The number of carbonyl (C=O) groups excluding carboxylic acids is 2. The van der Waals surface area contributed by atoms with E-state index in [9.17, 15) is 9.59 Å². The molecule has 1 aliphatic carbocycles. The average Bonchev–Trinajstić information content (AvgIpc) is 3.15. The van der Waals surface area contributed by atoms with Crippen LogP contribution in [0, 0.1) is 0 Å². The molecule has 2 aliphatic rings. The number of benzene rings is 1. The minimum atomic E-state index is -0.702. The van der Waals surface area contributed by atoms with Crippen LogP contribution in [-0.2, 0) is 4.79 Å². The van der Waals surface area contributed by atoms with E-state index in [0.29, 0.717) is 30.2 Å². The lowest BCUT2D eigenvalue weighted by Gasteiger charge is -2.34. The van der Waals surface area contributed by atoms with E-state index in [1.807, 2.05) is 4.90 Å². The Bertz CT molecular complexity index is 699. The van der Waals surface area contributed by atoms with Crippen LogP contribution >= 0.6 is 12.4 Å². The van der Waals surface area contributed by atoms with Gasteiger partial charge in [0.1, 0.15) is 0 Å². The molecular formula is C20H30ClN3O4. The number of piperidine rings is 1. The molecule has 1 aliphatic heterocycles. The molecule has 3 rings (SSSR count). The fraction of sp³-hybridized carbons (Fsp3) is 0.600. The molecule has 0 aromatic heterocycles. The maximum Gasteiger partial charge on any atom is 0.253 e. The first-order chi connectivity index (χ1) is 13.0. The van der Waals surface area contributed by atoms with Gasteiger partial charge in [0.15, 0.2) is 11.5 Å². The maximum absolute atomic E-state index is 12.8. The summed E-state index contributed by atoms with van der Waals surface area (Å²) in [4.78, 5) is 27.1. The number of ether oxygens (including phenoxy) is 2. The molecule has 2 amide bonds. The molecule has 156 valence electrons. The molecule has 0 spiro atoms. The minimum Gasteiger partial charge on any atom is -0.493 e. The van der Waals surface area contributed by atoms with Crippen molar-refractivity contribution in [1.82, 2.24) is 10.2 Å². The number of nitrogens with one attached hydrogen (secondary N) is 1. The van der Waals surface area contributed by atoms with Gasteiger partial charge in [0.05, 0.1) is 19.8 Å². The van der Waals surface area contributed by atoms with Crippen molar-refractivity contribution >= 4 is 24.2 Å². The molecule has 1 aromatic rings. The normalized spacial score (nSPS) is 18.9. The van der Waals surface area contributed by atoms with Crippen LogP contribution in [0.15, 0.2) is 18.2 Å². The standard InChI is InChI=1S/C20H29N3O4.ClH/c1-26-16-6-5-14(13-17(16)27-2)18(24)23-11-7-15(8-12-23)22-19(25)20(21)9-3-4-10-20;/h5-6,13,15H,3-4,7-12,21H2,1-2H3,(H,22,25);1H. The lowest BCUT2D eigenvalue weighted by molar-refractivity contribution is -0.127. The van der Waals surface area contributed by atoms with Crippen molar-refractivity contribution in [2.24, 2.45) is 5.73 Å². The van der Waals surface area contributed by atoms with E-state index in [1.165, 1.54) is 0 Å². The third-order valence-corrected chi connectivity index (χ3v) is 5.70. The summed E-state index contributed by atoms with van der Waals surface area (Å²) in [6.45, 7) is 1.21. The predicted octanol–water partition coefficient (Wildman–Crippen LogP) is 2.12. The molecule has 0 bridgehead atoms. The molecule has 3 N–H and O–H groups in total. The van der Waals surface area contributed by atoms with Gasteiger partial charge in [-0.2, -0.15) is 0 Å². The van der Waals surface area contributed by atoms with Crippen LogP contribution in [0.5, 0.6) is 11.5 Å². The Hall–Kier alpha value is -1.99. The lowest BCUT2D eigenvalue weighted by atomic mass is 9.96. The molecular weight excluding hydrogens is 382 g/mol. The van der Waals surface area contributed by atoms with Gasteiger partial charge in [-0.1, -0.05) is 12.8 Å². The SMILES string of the molecule is COc1ccc(C(=O)N2CCC(NC(=O)C3(N)CCCC3)CC2)cc1OC.Cl. The van der Waals surface area contributed by atoms with Crippen LogP contribution in [0.2, 0.25) is 0 Å². The number of halogens is 1. The third kappa shape index (κ3) is 4.70. The molecule has 0 atom stereocenters. The van der Waals surface area contributed by atoms with Gasteiger partial charge in [-0.25, -0.2) is 0 Å². The van der Waals surface area contributed by atoms with Gasteiger partial charge in [0.2, 0.25) is 5.91 Å². The highest BCUT2D eigenvalue weighted by molar-refractivity contribution is 5.95. The molecule has 0 radical (unpaired) electrons. The van der Waals surface area contributed by atoms with Crippen LogP contribution in [0.3, 0.4) is 0 Å². The zero-order valence-corrected chi connectivity index (χ0v) is 17.3. The summed E-state index contributed by atoms with van der Waals surface area (Å²) in [7, 11) is 3.12. The van der Waals surface area contributed by atoms with Gasteiger partial charge in [0, 0.05) is 24.7 Å². The first-order valence-corrected chi connectivity index (χ1v) is 9.58. The molecule has 7 nitrogen and oxygen atoms in total. The molecule has 1 aromatic carbocycles. The van der Waals surface area contributed by atoms with Crippen LogP contribution < -0.4 is 20.5 Å². The van der Waals surface area contributed by atoms with E-state index in [0.717, 1.165) is 38.5 Å². The largest absolute Gasteiger partial charge is 0.493 e. The van der Waals surface area contributed by atoms with Gasteiger partial charge < -0.3 is 25.4 Å². The summed E-state index contributed by atoms with van der Waals surface area (Å²) < 4.78 is 10.5. The van der Waals surface area contributed by atoms with Gasteiger partial charge in [-0.3, -0.25) is 9.59 Å². The zero-order chi connectivity index (χ0) is 19.4. The fourth-order valence-corrected chi connectivity index (χ4v) is 3.94. The summed E-state index contributed by atoms with van der Waals surface area (Å²) in [5.41, 5.74) is 6.09. The van der Waals surface area contributed by atoms with Crippen molar-refractivity contribution in [3.8, 4) is 11.5 Å². The van der Waals surface area contributed by atoms with E-state index < -0.39 is 5.54 Å². The van der Waals surface area contributed by atoms with Crippen LogP contribution in [-0.4, -0.2) is 55.6 Å². The first kappa shape index (κ1) is 22.3. The van der Waals surface area contributed by atoms with Crippen molar-refractivity contribution in [3.63, 3.8) is 0 Å². The summed E-state index contributed by atoms with van der Waals surface area (Å²) in [6.07, 6.45) is 5.02. The second kappa shape index (κ2) is 9.47. The number of hydrogen-bond donors (Lipinski definition) is 2. The zero-order valence-electron chi connectivity index (χ0n) is 16.5. The van der Waals surface area contributed by atoms with E-state index >= 15 is 0 Å². The fourth-order valence-electron chi connectivity index (χ4n) is 3.94. The molecule has 1 saturated heterocycles. The number of amides is 2. The summed E-state index contributed by atoms with van der Waals surface area (Å²) >= 11 is 0. The Labute approximate surface area is 172 Å². The van der Waals surface area contributed by atoms with Crippen LogP contribution in [0.1, 0.15) is 48.9 Å². The molecule has 1 saturated carbocycles. The number of likely N-dealkylation sites (tertiary alicyclic amines) is 1. The minimum absolute atomic E-state index is 0. The van der Waals surface area contributed by atoms with Gasteiger partial charge >= 0.3 is 0 Å². The van der Waals surface area contributed by atoms with E-state index in [1.54, 1.807) is 32.4 Å². The highest BCUT2D eigenvalue weighted by Gasteiger charge is 2.38. The Kier molecular flexibility index (Phi) is 7.55. The van der Waals surface area contributed by atoms with Gasteiger partial charge in [0.25, 0.3) is 5.91 Å². The quantitative estimate of drug-likeness (QED) is 0.773. The maximum atomic E-state index is 12.8. The Morgan fingerprint density at radius 3 is 2.29 bits per heavy atom. The lowest BCUT2D eigenvalue weighted by Crippen LogP contribution is -2.56. The predicted molar refractivity (Wildman–Crippen MR) is 109 cm³/mol. The number of nitrogens with two attached hydrogens (primary N) is 1.